The maximum Gasteiger partial charge on any atom is 0.274 e. The van der Waals surface area contributed by atoms with E-state index in [9.17, 15) is 9.59 Å². The van der Waals surface area contributed by atoms with Crippen molar-refractivity contribution in [2.75, 3.05) is 16.0 Å². The van der Waals surface area contributed by atoms with Crippen LogP contribution in [0.2, 0.25) is 0 Å². The number of hydrogen-bond acceptors (Lipinski definition) is 5. The van der Waals surface area contributed by atoms with Gasteiger partial charge in [-0.15, -0.1) is 0 Å². The van der Waals surface area contributed by atoms with Crippen LogP contribution in [-0.2, 0) is 11.2 Å². The Labute approximate surface area is 169 Å². The number of rotatable bonds is 6. The topological polar surface area (TPSA) is 96.0 Å². The average Bonchev–Trinajstić information content (AvgIpc) is 2.70. The number of aromatic nitrogens is 2. The Kier molecular flexibility index (Phi) is 6.19. The van der Waals surface area contributed by atoms with Gasteiger partial charge in [0.2, 0.25) is 11.9 Å². The number of anilines is 4. The lowest BCUT2D eigenvalue weighted by Crippen LogP contribution is -2.16. The highest BCUT2D eigenvalue weighted by molar-refractivity contribution is 6.03. The van der Waals surface area contributed by atoms with Crippen molar-refractivity contribution >= 4 is 34.8 Å². The Morgan fingerprint density at radius 1 is 0.966 bits per heavy atom. The highest BCUT2D eigenvalue weighted by Gasteiger charge is 2.13. The molecule has 0 radical (unpaired) electrons. The molecule has 7 heteroatoms. The number of benzene rings is 2. The molecule has 0 aliphatic heterocycles. The van der Waals surface area contributed by atoms with E-state index in [2.05, 4.69) is 25.9 Å². The van der Waals surface area contributed by atoms with Crippen molar-refractivity contribution in [1.29, 1.82) is 0 Å². The van der Waals surface area contributed by atoms with Crippen LogP contribution in [0.4, 0.5) is 23.0 Å². The Hall–Kier alpha value is -3.74. The van der Waals surface area contributed by atoms with Crippen LogP contribution in [0, 0.1) is 6.92 Å². The van der Waals surface area contributed by atoms with Gasteiger partial charge in [-0.25, -0.2) is 9.97 Å². The van der Waals surface area contributed by atoms with Crippen molar-refractivity contribution in [3.63, 3.8) is 0 Å². The fourth-order valence-corrected chi connectivity index (χ4v) is 2.89. The van der Waals surface area contributed by atoms with Gasteiger partial charge in [0, 0.05) is 30.2 Å². The molecule has 29 heavy (non-hydrogen) atoms. The van der Waals surface area contributed by atoms with Gasteiger partial charge in [-0.1, -0.05) is 25.1 Å². The molecule has 0 atom stereocenters. The summed E-state index contributed by atoms with van der Waals surface area (Å²) in [6, 6.07) is 14.6. The summed E-state index contributed by atoms with van der Waals surface area (Å²) in [5.41, 5.74) is 4.60. The third-order valence-corrected chi connectivity index (χ3v) is 4.33. The second kappa shape index (κ2) is 8.97. The van der Waals surface area contributed by atoms with Crippen LogP contribution < -0.4 is 16.0 Å². The first-order valence-corrected chi connectivity index (χ1v) is 9.34. The van der Waals surface area contributed by atoms with E-state index in [1.807, 2.05) is 32.0 Å². The van der Waals surface area contributed by atoms with Crippen molar-refractivity contribution in [2.24, 2.45) is 0 Å². The molecule has 0 spiro atoms. The van der Waals surface area contributed by atoms with E-state index in [0.29, 0.717) is 11.6 Å². The molecule has 0 unspecified atom stereocenters. The molecule has 3 rings (SSSR count). The van der Waals surface area contributed by atoms with Gasteiger partial charge in [0.25, 0.3) is 5.91 Å². The zero-order valence-electron chi connectivity index (χ0n) is 16.6. The molecule has 0 aliphatic carbocycles. The largest absolute Gasteiger partial charge is 0.326 e. The van der Waals surface area contributed by atoms with Crippen LogP contribution in [0.1, 0.15) is 35.5 Å². The molecule has 1 heterocycles. The lowest BCUT2D eigenvalue weighted by atomic mass is 10.1. The zero-order chi connectivity index (χ0) is 20.8. The number of para-hydroxylation sites is 1. The zero-order valence-corrected chi connectivity index (χ0v) is 16.6. The summed E-state index contributed by atoms with van der Waals surface area (Å²) in [6.07, 6.45) is 2.36. The molecular weight excluding hydrogens is 366 g/mol. The Morgan fingerprint density at radius 2 is 1.69 bits per heavy atom. The van der Waals surface area contributed by atoms with E-state index in [1.54, 1.807) is 30.3 Å². The van der Waals surface area contributed by atoms with Crippen molar-refractivity contribution in [1.82, 2.24) is 9.97 Å². The average molecular weight is 389 g/mol. The number of hydrogen-bond donors (Lipinski definition) is 3. The lowest BCUT2D eigenvalue weighted by molar-refractivity contribution is -0.114. The predicted molar refractivity (Wildman–Crippen MR) is 115 cm³/mol. The maximum atomic E-state index is 12.7. The van der Waals surface area contributed by atoms with E-state index in [4.69, 9.17) is 0 Å². The molecule has 1 aromatic heterocycles. The summed E-state index contributed by atoms with van der Waals surface area (Å²) >= 11 is 0. The minimum atomic E-state index is -0.291. The van der Waals surface area contributed by atoms with E-state index in [-0.39, 0.29) is 17.5 Å². The molecule has 2 aromatic carbocycles. The van der Waals surface area contributed by atoms with Gasteiger partial charge in [-0.3, -0.25) is 9.59 Å². The van der Waals surface area contributed by atoms with Crippen LogP contribution in [0.3, 0.4) is 0 Å². The minimum Gasteiger partial charge on any atom is -0.326 e. The molecule has 0 aliphatic rings. The van der Waals surface area contributed by atoms with Gasteiger partial charge in [-0.05, 0) is 54.8 Å². The molecule has 0 saturated carbocycles. The molecular formula is C22H23N5O2. The molecule has 3 aromatic rings. The summed E-state index contributed by atoms with van der Waals surface area (Å²) < 4.78 is 0. The molecule has 0 saturated heterocycles. The number of nitrogens with zero attached hydrogens (tertiary/aromatic N) is 2. The number of nitrogens with one attached hydrogen (secondary N) is 3. The molecule has 148 valence electrons. The summed E-state index contributed by atoms with van der Waals surface area (Å²) in [7, 11) is 0. The van der Waals surface area contributed by atoms with Crippen LogP contribution in [0.25, 0.3) is 0 Å². The van der Waals surface area contributed by atoms with Gasteiger partial charge < -0.3 is 16.0 Å². The first-order chi connectivity index (χ1) is 14.0. The van der Waals surface area contributed by atoms with E-state index >= 15 is 0 Å². The molecule has 0 bridgehead atoms. The fourth-order valence-electron chi connectivity index (χ4n) is 2.89. The van der Waals surface area contributed by atoms with Crippen LogP contribution >= 0.6 is 0 Å². The van der Waals surface area contributed by atoms with E-state index in [0.717, 1.165) is 28.9 Å². The summed E-state index contributed by atoms with van der Waals surface area (Å²) in [5.74, 6) is -0.112. The Balaban J connectivity index is 1.74. The van der Waals surface area contributed by atoms with Crippen molar-refractivity contribution in [3.8, 4) is 0 Å². The first kappa shape index (κ1) is 20.0. The molecule has 0 fully saturated rings. The van der Waals surface area contributed by atoms with Crippen molar-refractivity contribution in [2.45, 2.75) is 27.2 Å². The van der Waals surface area contributed by atoms with Gasteiger partial charge in [0.1, 0.15) is 5.69 Å². The molecule has 2 amide bonds. The molecule has 3 N–H and O–H groups in total. The molecule has 7 nitrogen and oxygen atoms in total. The normalized spacial score (nSPS) is 10.3. The van der Waals surface area contributed by atoms with E-state index < -0.39 is 0 Å². The van der Waals surface area contributed by atoms with Gasteiger partial charge in [0.05, 0.1) is 0 Å². The van der Waals surface area contributed by atoms with Crippen molar-refractivity contribution in [3.05, 3.63) is 71.5 Å². The Morgan fingerprint density at radius 3 is 2.38 bits per heavy atom. The smallest absolute Gasteiger partial charge is 0.274 e. The van der Waals surface area contributed by atoms with Crippen LogP contribution in [0.15, 0.2) is 54.7 Å². The quantitative estimate of drug-likeness (QED) is 0.584. The van der Waals surface area contributed by atoms with Gasteiger partial charge >= 0.3 is 0 Å². The number of aryl methyl sites for hydroxylation is 2. The number of amides is 2. The third kappa shape index (κ3) is 5.16. The third-order valence-electron chi connectivity index (χ3n) is 4.33. The SMILES string of the molecule is CCc1cccc(C)c1NC(=O)c1ccnc(Nc2ccc(NC(C)=O)cc2)n1. The fraction of sp³-hybridized carbons (Fsp3) is 0.182. The first-order valence-electron chi connectivity index (χ1n) is 9.34. The van der Waals surface area contributed by atoms with Gasteiger partial charge in [0.15, 0.2) is 0 Å². The highest BCUT2D eigenvalue weighted by atomic mass is 16.2. The minimum absolute atomic E-state index is 0.132. The van der Waals surface area contributed by atoms with Crippen molar-refractivity contribution < 1.29 is 9.59 Å². The summed E-state index contributed by atoms with van der Waals surface area (Å²) in [4.78, 5) is 32.3. The summed E-state index contributed by atoms with van der Waals surface area (Å²) in [5, 5.41) is 8.73. The lowest BCUT2D eigenvalue weighted by Gasteiger charge is -2.13. The van der Waals surface area contributed by atoms with Crippen LogP contribution in [0.5, 0.6) is 0 Å². The monoisotopic (exact) mass is 389 g/mol. The highest BCUT2D eigenvalue weighted by Crippen LogP contribution is 2.22. The standard InChI is InChI=1S/C22H23N5O2/c1-4-16-7-5-6-14(2)20(16)27-21(29)19-12-13-23-22(26-19)25-18-10-8-17(9-11-18)24-15(3)28/h5-13H,4H2,1-3H3,(H,24,28)(H,27,29)(H,23,25,26). The van der Waals surface area contributed by atoms with Crippen LogP contribution in [-0.4, -0.2) is 21.8 Å². The second-order valence-electron chi connectivity index (χ2n) is 6.57. The number of carbonyl (C=O) groups is 2. The van der Waals surface area contributed by atoms with E-state index in [1.165, 1.54) is 13.1 Å². The van der Waals surface area contributed by atoms with Gasteiger partial charge in [-0.2, -0.15) is 0 Å². The second-order valence-corrected chi connectivity index (χ2v) is 6.57. The number of carbonyl (C=O) groups excluding carboxylic acids is 2. The predicted octanol–water partition coefficient (Wildman–Crippen LogP) is 4.30. The Bertz CT molecular complexity index is 1030. The maximum absolute atomic E-state index is 12.7. The summed E-state index contributed by atoms with van der Waals surface area (Å²) in [6.45, 7) is 5.47.